The van der Waals surface area contributed by atoms with Gasteiger partial charge in [-0.05, 0) is 24.6 Å². The summed E-state index contributed by atoms with van der Waals surface area (Å²) >= 11 is 0. The lowest BCUT2D eigenvalue weighted by molar-refractivity contribution is -0.137. The smallest absolute Gasteiger partial charge is 0.416 e. The van der Waals surface area contributed by atoms with E-state index in [9.17, 15) is 37.8 Å². The third kappa shape index (κ3) is 3.74. The zero-order valence-corrected chi connectivity index (χ0v) is 16.5. The maximum absolute atomic E-state index is 13.0. The Morgan fingerprint density at radius 3 is 2.06 bits per heavy atom. The SMILES string of the molecule is Cc1cc(O)c(C(c2ccc(C(F)(F)F)cc2)c2c(O)n(C)c(=O)n(C)c2=O)c(=O)o1. The summed E-state index contributed by atoms with van der Waals surface area (Å²) in [6, 6.07) is 4.58. The van der Waals surface area contributed by atoms with E-state index in [2.05, 4.69) is 0 Å². The van der Waals surface area contributed by atoms with E-state index < -0.39 is 57.3 Å². The van der Waals surface area contributed by atoms with Gasteiger partial charge in [-0.25, -0.2) is 9.59 Å². The first-order valence-electron chi connectivity index (χ1n) is 8.84. The molecule has 1 aromatic carbocycles. The van der Waals surface area contributed by atoms with Crippen LogP contribution in [0.2, 0.25) is 0 Å². The number of nitrogens with zero attached hydrogens (tertiary/aromatic N) is 2. The van der Waals surface area contributed by atoms with Gasteiger partial charge in [0.15, 0.2) is 0 Å². The van der Waals surface area contributed by atoms with Crippen LogP contribution >= 0.6 is 0 Å². The minimum Gasteiger partial charge on any atom is -0.507 e. The number of halogens is 3. The lowest BCUT2D eigenvalue weighted by Gasteiger charge is -2.21. The molecule has 3 rings (SSSR count). The average molecular weight is 438 g/mol. The second-order valence-corrected chi connectivity index (χ2v) is 6.94. The lowest BCUT2D eigenvalue weighted by Crippen LogP contribution is -2.40. The van der Waals surface area contributed by atoms with E-state index >= 15 is 0 Å². The molecule has 2 aromatic heterocycles. The summed E-state index contributed by atoms with van der Waals surface area (Å²) in [4.78, 5) is 37.5. The highest BCUT2D eigenvalue weighted by molar-refractivity contribution is 5.50. The van der Waals surface area contributed by atoms with Crippen molar-refractivity contribution in [2.75, 3.05) is 0 Å². The predicted octanol–water partition coefficient (Wildman–Crippen LogP) is 1.96. The van der Waals surface area contributed by atoms with Crippen LogP contribution in [0, 0.1) is 6.92 Å². The number of hydrogen-bond acceptors (Lipinski definition) is 6. The Hall–Kier alpha value is -3.76. The topological polar surface area (TPSA) is 115 Å². The third-order valence-electron chi connectivity index (χ3n) is 4.91. The van der Waals surface area contributed by atoms with Crippen LogP contribution in [0.15, 0.2) is 49.1 Å². The number of aromatic nitrogens is 2. The van der Waals surface area contributed by atoms with Crippen LogP contribution in [-0.4, -0.2) is 19.3 Å². The number of benzene rings is 1. The molecule has 3 aromatic rings. The summed E-state index contributed by atoms with van der Waals surface area (Å²) in [5.74, 6) is -2.87. The number of aryl methyl sites for hydroxylation is 1. The lowest BCUT2D eigenvalue weighted by atomic mass is 9.85. The molecule has 31 heavy (non-hydrogen) atoms. The molecule has 1 atom stereocenters. The fraction of sp³-hybridized carbons (Fsp3) is 0.250. The average Bonchev–Trinajstić information content (AvgIpc) is 2.68. The molecule has 0 spiro atoms. The van der Waals surface area contributed by atoms with Gasteiger partial charge in [-0.3, -0.25) is 13.9 Å². The Kier molecular flexibility index (Phi) is 5.30. The molecule has 0 bridgehead atoms. The molecular formula is C20H17F3N2O6. The second kappa shape index (κ2) is 7.49. The second-order valence-electron chi connectivity index (χ2n) is 6.94. The Bertz CT molecular complexity index is 1330. The van der Waals surface area contributed by atoms with Gasteiger partial charge in [0.05, 0.1) is 22.6 Å². The first-order valence-corrected chi connectivity index (χ1v) is 8.84. The zero-order chi connectivity index (χ0) is 23.2. The highest BCUT2D eigenvalue weighted by Crippen LogP contribution is 2.38. The van der Waals surface area contributed by atoms with E-state index in [1.54, 1.807) is 0 Å². The summed E-state index contributed by atoms with van der Waals surface area (Å²) in [7, 11) is 2.30. The number of hydrogen-bond donors (Lipinski definition) is 2. The van der Waals surface area contributed by atoms with Crippen LogP contribution < -0.4 is 16.9 Å². The molecule has 0 aliphatic heterocycles. The van der Waals surface area contributed by atoms with Crippen molar-refractivity contribution in [2.24, 2.45) is 14.1 Å². The van der Waals surface area contributed by atoms with Crippen molar-refractivity contribution in [1.82, 2.24) is 9.13 Å². The molecule has 11 heteroatoms. The Balaban J connectivity index is 2.43. The van der Waals surface area contributed by atoms with Crippen molar-refractivity contribution < 1.29 is 27.8 Å². The normalized spacial score (nSPS) is 12.7. The third-order valence-corrected chi connectivity index (χ3v) is 4.91. The minimum absolute atomic E-state index is 0.0227. The Morgan fingerprint density at radius 1 is 0.968 bits per heavy atom. The van der Waals surface area contributed by atoms with E-state index in [0.717, 1.165) is 41.9 Å². The van der Waals surface area contributed by atoms with Crippen molar-refractivity contribution >= 4 is 0 Å². The number of alkyl halides is 3. The van der Waals surface area contributed by atoms with Gasteiger partial charge in [-0.1, -0.05) is 12.1 Å². The molecule has 0 saturated heterocycles. The minimum atomic E-state index is -4.63. The van der Waals surface area contributed by atoms with Crippen molar-refractivity contribution in [2.45, 2.75) is 19.0 Å². The predicted molar refractivity (Wildman–Crippen MR) is 102 cm³/mol. The van der Waals surface area contributed by atoms with Gasteiger partial charge in [0.1, 0.15) is 11.5 Å². The molecule has 2 heterocycles. The maximum Gasteiger partial charge on any atom is 0.416 e. The highest BCUT2D eigenvalue weighted by atomic mass is 19.4. The van der Waals surface area contributed by atoms with E-state index in [0.29, 0.717) is 4.57 Å². The van der Waals surface area contributed by atoms with Crippen LogP contribution in [-0.2, 0) is 20.3 Å². The summed E-state index contributed by atoms with van der Waals surface area (Å²) in [5.41, 5.74) is -4.88. The molecule has 0 amide bonds. The molecule has 0 radical (unpaired) electrons. The molecule has 8 nitrogen and oxygen atoms in total. The molecule has 0 fully saturated rings. The van der Waals surface area contributed by atoms with Crippen molar-refractivity contribution in [3.05, 3.63) is 89.6 Å². The van der Waals surface area contributed by atoms with E-state index in [1.807, 2.05) is 0 Å². The highest BCUT2D eigenvalue weighted by Gasteiger charge is 2.34. The molecule has 164 valence electrons. The van der Waals surface area contributed by atoms with Crippen molar-refractivity contribution in [1.29, 1.82) is 0 Å². The van der Waals surface area contributed by atoms with Gasteiger partial charge in [0, 0.05) is 20.2 Å². The van der Waals surface area contributed by atoms with Gasteiger partial charge in [0.25, 0.3) is 5.56 Å². The van der Waals surface area contributed by atoms with Gasteiger partial charge >= 0.3 is 17.5 Å². The van der Waals surface area contributed by atoms with Crippen LogP contribution in [0.3, 0.4) is 0 Å². The monoisotopic (exact) mass is 438 g/mol. The van der Waals surface area contributed by atoms with E-state index in [-0.39, 0.29) is 11.3 Å². The Morgan fingerprint density at radius 2 is 1.55 bits per heavy atom. The number of rotatable bonds is 3. The van der Waals surface area contributed by atoms with Crippen LogP contribution in [0.4, 0.5) is 13.2 Å². The van der Waals surface area contributed by atoms with Gasteiger partial charge in [-0.2, -0.15) is 13.2 Å². The number of aromatic hydroxyl groups is 2. The fourth-order valence-corrected chi connectivity index (χ4v) is 3.33. The largest absolute Gasteiger partial charge is 0.507 e. The summed E-state index contributed by atoms with van der Waals surface area (Å²) in [5, 5.41) is 21.0. The summed E-state index contributed by atoms with van der Waals surface area (Å²) < 4.78 is 45.3. The fourth-order valence-electron chi connectivity index (χ4n) is 3.33. The maximum atomic E-state index is 13.0. The van der Waals surface area contributed by atoms with Gasteiger partial charge < -0.3 is 14.6 Å². The molecule has 1 unspecified atom stereocenters. The standard InChI is InChI=1S/C20H17F3N2O6/c1-9-8-12(26)14(18(29)31-9)13(10-4-6-11(7-5-10)20(21,22)23)15-16(27)24(2)19(30)25(3)17(15)28/h4-8,13,26-27H,1-3H3. The first kappa shape index (κ1) is 21.9. The molecule has 0 saturated carbocycles. The van der Waals surface area contributed by atoms with E-state index in [4.69, 9.17) is 4.42 Å². The van der Waals surface area contributed by atoms with Crippen LogP contribution in [0.5, 0.6) is 11.6 Å². The molecule has 2 N–H and O–H groups in total. The molecular weight excluding hydrogens is 421 g/mol. The van der Waals surface area contributed by atoms with Crippen LogP contribution in [0.25, 0.3) is 0 Å². The van der Waals surface area contributed by atoms with E-state index in [1.165, 1.54) is 14.0 Å². The quantitative estimate of drug-likeness (QED) is 0.646. The zero-order valence-electron chi connectivity index (χ0n) is 16.5. The molecule has 0 aliphatic rings. The van der Waals surface area contributed by atoms with Gasteiger partial charge in [0.2, 0.25) is 5.88 Å². The van der Waals surface area contributed by atoms with Crippen LogP contribution in [0.1, 0.15) is 33.9 Å². The van der Waals surface area contributed by atoms with Crippen molar-refractivity contribution in [3.63, 3.8) is 0 Å². The summed E-state index contributed by atoms with van der Waals surface area (Å²) in [6.45, 7) is 1.39. The van der Waals surface area contributed by atoms with Gasteiger partial charge in [-0.15, -0.1) is 0 Å². The van der Waals surface area contributed by atoms with Crippen molar-refractivity contribution in [3.8, 4) is 11.6 Å². The molecule has 0 aliphatic carbocycles. The Labute approximate surface area is 172 Å². The first-order chi connectivity index (χ1) is 14.3. The summed E-state index contributed by atoms with van der Waals surface area (Å²) in [6.07, 6.45) is -4.63.